The maximum atomic E-state index is 14.6. The number of phenols is 1. The first-order chi connectivity index (χ1) is 30.5. The number of hydrogen-bond acceptors (Lipinski definition) is 11. The number of phenolic OH excluding ortho intramolecular Hbond substituents is 1. The van der Waals surface area contributed by atoms with Gasteiger partial charge in [0.15, 0.2) is 0 Å². The summed E-state index contributed by atoms with van der Waals surface area (Å²) >= 11 is 0. The van der Waals surface area contributed by atoms with Gasteiger partial charge in [-0.3, -0.25) is 34.0 Å². The highest BCUT2D eigenvalue weighted by Crippen LogP contribution is 2.41. The minimum atomic E-state index is -1.17. The van der Waals surface area contributed by atoms with E-state index in [1.807, 2.05) is 38.2 Å². The molecule has 16 nitrogen and oxygen atoms in total. The SMILES string of the molecule is CCn1c(-c2cnccc2COC)c2c3cc(ccc31)-c1cc(O)cc(c1)C[C@H](NC(=O)[C@H](C(C)C)N(C)C(=O)CN(C)C(=O)C1CN1)C(=O)N1CCC[C@H](N1)C(=O)OCC(C)(C)C2. The van der Waals surface area contributed by atoms with Gasteiger partial charge in [-0.1, -0.05) is 39.8 Å². The Bertz CT molecular complexity index is 2430. The summed E-state index contributed by atoms with van der Waals surface area (Å²) in [6.45, 7) is 11.6. The molecule has 2 saturated heterocycles. The summed E-state index contributed by atoms with van der Waals surface area (Å²) in [6, 6.07) is 10.1. The number of ether oxygens (including phenoxy) is 2. The zero-order valence-corrected chi connectivity index (χ0v) is 38.2. The van der Waals surface area contributed by atoms with Crippen LogP contribution < -0.4 is 16.1 Å². The van der Waals surface area contributed by atoms with Crippen LogP contribution in [0.15, 0.2) is 54.9 Å². The Labute approximate surface area is 374 Å². The van der Waals surface area contributed by atoms with E-state index in [1.54, 1.807) is 32.5 Å². The van der Waals surface area contributed by atoms with Crippen molar-refractivity contribution in [2.75, 3.05) is 47.4 Å². The van der Waals surface area contributed by atoms with E-state index in [1.165, 1.54) is 21.9 Å². The van der Waals surface area contributed by atoms with E-state index in [9.17, 15) is 29.1 Å². The Balaban J connectivity index is 1.30. The van der Waals surface area contributed by atoms with Gasteiger partial charge in [-0.15, -0.1) is 0 Å². The summed E-state index contributed by atoms with van der Waals surface area (Å²) in [5, 5.41) is 19.5. The standard InChI is InChI=1S/C48H62N8O8/c1-9-55-40-13-12-30-21-34(40)35(43(55)36-23-49-15-14-31(36)26-63-8)22-48(4,5)27-64-47(62)37-11-10-16-56(52-37)46(61)38(19-29-17-32(30)20-33(57)18-29)51-44(59)42(28(2)3)54(7)41(58)25-53(6)45(60)39-24-50-39/h12-15,17-18,20-21,23,28,37-39,42,50,52,57H,9-11,16,19,22,24-27H2,1-8H3,(H,51,59)/t37-,38-,39?,42-/m0/s1. The molecule has 4 aromatic rings. The van der Waals surface area contributed by atoms with Crippen molar-refractivity contribution >= 4 is 40.5 Å². The summed E-state index contributed by atoms with van der Waals surface area (Å²) in [7, 11) is 4.74. The Morgan fingerprint density at radius 3 is 2.56 bits per heavy atom. The third-order valence-corrected chi connectivity index (χ3v) is 12.5. The number of hydrazine groups is 1. The molecular formula is C48H62N8O8. The number of pyridine rings is 1. The Kier molecular flexibility index (Phi) is 13.8. The maximum absolute atomic E-state index is 14.6. The monoisotopic (exact) mass is 878 g/mol. The van der Waals surface area contributed by atoms with E-state index in [0.717, 1.165) is 38.9 Å². The van der Waals surface area contributed by atoms with Gasteiger partial charge in [0.1, 0.15) is 23.9 Å². The van der Waals surface area contributed by atoms with Crippen LogP contribution in [0.2, 0.25) is 0 Å². The molecule has 2 fully saturated rings. The van der Waals surface area contributed by atoms with Crippen molar-refractivity contribution in [2.24, 2.45) is 11.3 Å². The van der Waals surface area contributed by atoms with Crippen LogP contribution in [-0.4, -0.2) is 131 Å². The number of methoxy groups -OCH3 is 1. The van der Waals surface area contributed by atoms with Crippen LogP contribution in [-0.2, 0) is 59.4 Å². The smallest absolute Gasteiger partial charge is 0.324 e. The first-order valence-electron chi connectivity index (χ1n) is 22.2. The molecule has 3 aliphatic rings. The molecular weight excluding hydrogens is 817 g/mol. The number of aromatic nitrogens is 2. The number of nitrogens with one attached hydrogen (secondary N) is 3. The Morgan fingerprint density at radius 1 is 1.09 bits per heavy atom. The van der Waals surface area contributed by atoms with Crippen LogP contribution in [0.5, 0.6) is 5.75 Å². The molecule has 3 aliphatic heterocycles. The van der Waals surface area contributed by atoms with E-state index in [-0.39, 0.29) is 49.7 Å². The molecule has 1 unspecified atom stereocenters. The fraction of sp³-hybridized carbons (Fsp3) is 0.500. The van der Waals surface area contributed by atoms with Gasteiger partial charge in [0.05, 0.1) is 31.5 Å². The molecule has 4 amide bonds. The highest BCUT2D eigenvalue weighted by molar-refractivity contribution is 5.96. The lowest BCUT2D eigenvalue weighted by molar-refractivity contribution is -0.155. The third-order valence-electron chi connectivity index (χ3n) is 12.5. The van der Waals surface area contributed by atoms with Gasteiger partial charge in [0.25, 0.3) is 5.91 Å². The van der Waals surface area contributed by atoms with E-state index in [2.05, 4.69) is 58.5 Å². The van der Waals surface area contributed by atoms with Crippen LogP contribution in [0.3, 0.4) is 0 Å². The number of rotatable bonds is 11. The van der Waals surface area contributed by atoms with Gasteiger partial charge >= 0.3 is 5.97 Å². The molecule has 16 heteroatoms. The van der Waals surface area contributed by atoms with Gasteiger partial charge in [-0.25, -0.2) is 5.43 Å². The van der Waals surface area contributed by atoms with Crippen LogP contribution in [0.4, 0.5) is 0 Å². The molecule has 0 radical (unpaired) electrons. The quantitative estimate of drug-likeness (QED) is 0.126. The van der Waals surface area contributed by atoms with Crippen LogP contribution in [0, 0.1) is 11.3 Å². The molecule has 2 aromatic carbocycles. The summed E-state index contributed by atoms with van der Waals surface area (Å²) in [4.78, 5) is 76.2. The minimum absolute atomic E-state index is 0.0170. The van der Waals surface area contributed by atoms with Gasteiger partial charge in [0.2, 0.25) is 17.7 Å². The van der Waals surface area contributed by atoms with Crippen LogP contribution in [0.1, 0.15) is 64.2 Å². The molecule has 64 heavy (non-hydrogen) atoms. The molecule has 6 bridgehead atoms. The second-order valence-corrected chi connectivity index (χ2v) is 18.5. The molecule has 342 valence electrons. The summed E-state index contributed by atoms with van der Waals surface area (Å²) in [5.74, 6) is -2.55. The average molecular weight is 879 g/mol. The predicted octanol–water partition coefficient (Wildman–Crippen LogP) is 3.80. The number of fused-ring (bicyclic) bond motifs is 6. The molecule has 5 heterocycles. The fourth-order valence-electron chi connectivity index (χ4n) is 9.16. The highest BCUT2D eigenvalue weighted by Gasteiger charge is 2.39. The lowest BCUT2D eigenvalue weighted by Gasteiger charge is -2.37. The van der Waals surface area contributed by atoms with Crippen molar-refractivity contribution < 1.29 is 38.6 Å². The van der Waals surface area contributed by atoms with Crippen molar-refractivity contribution in [1.29, 1.82) is 0 Å². The Hall–Kier alpha value is -5.84. The van der Waals surface area contributed by atoms with E-state index in [4.69, 9.17) is 9.47 Å². The first kappa shape index (κ1) is 46.2. The van der Waals surface area contributed by atoms with Crippen LogP contribution >= 0.6 is 0 Å². The maximum Gasteiger partial charge on any atom is 0.324 e. The van der Waals surface area contributed by atoms with Crippen molar-refractivity contribution in [3.05, 3.63) is 71.5 Å². The number of likely N-dealkylation sites (N-methyl/N-ethyl adjacent to an activating group) is 2. The molecule has 2 aromatic heterocycles. The molecule has 4 atom stereocenters. The average Bonchev–Trinajstić information content (AvgIpc) is 4.07. The van der Waals surface area contributed by atoms with Gasteiger partial charge < -0.3 is 39.6 Å². The number of aromatic hydroxyl groups is 1. The Morgan fingerprint density at radius 2 is 1.86 bits per heavy atom. The molecule has 0 saturated carbocycles. The zero-order valence-electron chi connectivity index (χ0n) is 38.2. The van der Waals surface area contributed by atoms with Gasteiger partial charge in [-0.05, 0) is 90.3 Å². The van der Waals surface area contributed by atoms with Crippen molar-refractivity contribution in [2.45, 2.75) is 97.6 Å². The molecule has 0 aliphatic carbocycles. The summed E-state index contributed by atoms with van der Waals surface area (Å²) < 4.78 is 14.0. The number of carbonyl (C=O) groups excluding carboxylic acids is 5. The lowest BCUT2D eigenvalue weighted by Crippen LogP contribution is -2.62. The van der Waals surface area contributed by atoms with Gasteiger partial charge in [-0.2, -0.15) is 0 Å². The predicted molar refractivity (Wildman–Crippen MR) is 241 cm³/mol. The lowest BCUT2D eigenvalue weighted by atomic mass is 9.84. The van der Waals surface area contributed by atoms with Crippen molar-refractivity contribution in [1.82, 2.24) is 40.4 Å². The number of aryl methyl sites for hydroxylation is 1. The largest absolute Gasteiger partial charge is 0.508 e. The molecule has 7 rings (SSSR count). The second kappa shape index (κ2) is 19.1. The highest BCUT2D eigenvalue weighted by atomic mass is 16.5. The summed E-state index contributed by atoms with van der Waals surface area (Å²) in [6.07, 6.45) is 5.10. The second-order valence-electron chi connectivity index (χ2n) is 18.5. The molecule has 0 spiro atoms. The van der Waals surface area contributed by atoms with Crippen molar-refractivity contribution in [3.8, 4) is 28.1 Å². The van der Waals surface area contributed by atoms with E-state index >= 15 is 0 Å². The topological polar surface area (TPSA) is 198 Å². The fourth-order valence-corrected chi connectivity index (χ4v) is 9.16. The number of nitrogens with zero attached hydrogens (tertiary/aromatic N) is 5. The molecule has 4 N–H and O–H groups in total. The zero-order chi connectivity index (χ0) is 46.0. The summed E-state index contributed by atoms with van der Waals surface area (Å²) in [5.41, 5.74) is 9.68. The van der Waals surface area contributed by atoms with Gasteiger partial charge in [0, 0.05) is 81.5 Å². The van der Waals surface area contributed by atoms with Crippen molar-refractivity contribution in [3.63, 3.8) is 0 Å². The minimum Gasteiger partial charge on any atom is -0.508 e. The first-order valence-corrected chi connectivity index (χ1v) is 22.2. The number of cyclic esters (lactones) is 1. The normalized spacial score (nSPS) is 20.3. The van der Waals surface area contributed by atoms with E-state index < -0.39 is 47.2 Å². The number of benzene rings is 2. The third kappa shape index (κ3) is 9.93. The number of esters is 1. The van der Waals surface area contributed by atoms with Crippen LogP contribution in [0.25, 0.3) is 33.3 Å². The van der Waals surface area contributed by atoms with E-state index in [0.29, 0.717) is 50.1 Å². The number of carbonyl (C=O) groups is 5. The number of hydrogen-bond donors (Lipinski definition) is 4. The number of amides is 4.